The summed E-state index contributed by atoms with van der Waals surface area (Å²) in [6, 6.07) is 9.52. The van der Waals surface area contributed by atoms with E-state index in [9.17, 15) is 5.11 Å². The molecule has 1 N–H and O–H groups in total. The molecule has 0 bridgehead atoms. The van der Waals surface area contributed by atoms with Gasteiger partial charge in [0.25, 0.3) is 0 Å². The van der Waals surface area contributed by atoms with E-state index < -0.39 is 6.10 Å². The van der Waals surface area contributed by atoms with Crippen LogP contribution in [0.25, 0.3) is 0 Å². The smallest absolute Gasteiger partial charge is 0.140 e. The summed E-state index contributed by atoms with van der Waals surface area (Å²) in [5, 5.41) is 10.5. The number of rotatable bonds is 5. The van der Waals surface area contributed by atoms with Gasteiger partial charge in [0.1, 0.15) is 23.4 Å². The fraction of sp³-hybridized carbons (Fsp3) is 0.375. The van der Waals surface area contributed by atoms with Gasteiger partial charge in [-0.05, 0) is 38.1 Å². The molecule has 0 fully saturated rings. The predicted molar refractivity (Wildman–Crippen MR) is 74.5 cm³/mol. The molecule has 0 aliphatic heterocycles. The van der Waals surface area contributed by atoms with Crippen molar-refractivity contribution in [3.8, 4) is 5.75 Å². The lowest BCUT2D eigenvalue weighted by Crippen LogP contribution is -2.03. The van der Waals surface area contributed by atoms with E-state index in [-0.39, 0.29) is 0 Å². The lowest BCUT2D eigenvalue weighted by molar-refractivity contribution is 0.181. The molecule has 2 rings (SSSR count). The SMILES string of the molecule is CCOc1ccc(C)cc1C(O)c1ccc(CC)o1. The lowest BCUT2D eigenvalue weighted by Gasteiger charge is -2.15. The molecule has 0 aliphatic rings. The van der Waals surface area contributed by atoms with Gasteiger partial charge in [0.15, 0.2) is 0 Å². The number of ether oxygens (including phenoxy) is 1. The number of furan rings is 1. The molecule has 19 heavy (non-hydrogen) atoms. The number of benzene rings is 1. The van der Waals surface area contributed by atoms with Crippen molar-refractivity contribution in [2.75, 3.05) is 6.61 Å². The van der Waals surface area contributed by atoms with Crippen molar-refractivity contribution in [1.82, 2.24) is 0 Å². The molecule has 1 unspecified atom stereocenters. The highest BCUT2D eigenvalue weighted by Crippen LogP contribution is 2.32. The van der Waals surface area contributed by atoms with Crippen molar-refractivity contribution in [2.24, 2.45) is 0 Å². The normalized spacial score (nSPS) is 12.4. The first-order chi connectivity index (χ1) is 9.15. The molecule has 1 aromatic carbocycles. The van der Waals surface area contributed by atoms with E-state index in [0.29, 0.717) is 18.1 Å². The minimum absolute atomic E-state index is 0.559. The standard InChI is InChI=1S/C16H20O3/c1-4-12-7-9-15(19-12)16(17)13-10-11(3)6-8-14(13)18-5-2/h6-10,16-17H,4-5H2,1-3H3. The maximum atomic E-state index is 10.5. The first-order valence-corrected chi connectivity index (χ1v) is 6.65. The highest BCUT2D eigenvalue weighted by atomic mass is 16.5. The molecule has 1 atom stereocenters. The molecule has 102 valence electrons. The van der Waals surface area contributed by atoms with Crippen LogP contribution in [0.4, 0.5) is 0 Å². The van der Waals surface area contributed by atoms with E-state index >= 15 is 0 Å². The quantitative estimate of drug-likeness (QED) is 0.892. The lowest BCUT2D eigenvalue weighted by atomic mass is 10.0. The van der Waals surface area contributed by atoms with Gasteiger partial charge in [0, 0.05) is 12.0 Å². The summed E-state index contributed by atoms with van der Waals surface area (Å²) in [6.45, 7) is 6.51. The van der Waals surface area contributed by atoms with Gasteiger partial charge in [-0.1, -0.05) is 18.6 Å². The van der Waals surface area contributed by atoms with Crippen LogP contribution in [-0.4, -0.2) is 11.7 Å². The minimum atomic E-state index is -0.790. The number of aliphatic hydroxyl groups is 1. The molecular formula is C16H20O3. The highest BCUT2D eigenvalue weighted by molar-refractivity contribution is 5.41. The summed E-state index contributed by atoms with van der Waals surface area (Å²) >= 11 is 0. The van der Waals surface area contributed by atoms with Crippen molar-refractivity contribution in [2.45, 2.75) is 33.3 Å². The predicted octanol–water partition coefficient (Wildman–Crippen LogP) is 3.63. The van der Waals surface area contributed by atoms with E-state index in [2.05, 4.69) is 0 Å². The van der Waals surface area contributed by atoms with Crippen molar-refractivity contribution in [1.29, 1.82) is 0 Å². The van der Waals surface area contributed by atoms with Crippen molar-refractivity contribution >= 4 is 0 Å². The van der Waals surface area contributed by atoms with E-state index in [4.69, 9.17) is 9.15 Å². The van der Waals surface area contributed by atoms with Gasteiger partial charge in [0.05, 0.1) is 6.61 Å². The van der Waals surface area contributed by atoms with Crippen LogP contribution in [0.2, 0.25) is 0 Å². The van der Waals surface area contributed by atoms with Gasteiger partial charge in [-0.25, -0.2) is 0 Å². The maximum absolute atomic E-state index is 10.5. The van der Waals surface area contributed by atoms with Gasteiger partial charge >= 0.3 is 0 Å². The second-order valence-corrected chi connectivity index (χ2v) is 4.53. The van der Waals surface area contributed by atoms with E-state index in [0.717, 1.165) is 23.3 Å². The Morgan fingerprint density at radius 1 is 1.21 bits per heavy atom. The van der Waals surface area contributed by atoms with Crippen LogP contribution in [0.3, 0.4) is 0 Å². The van der Waals surface area contributed by atoms with Crippen LogP contribution in [0, 0.1) is 6.92 Å². The summed E-state index contributed by atoms with van der Waals surface area (Å²) in [5.74, 6) is 2.14. The largest absolute Gasteiger partial charge is 0.493 e. The molecule has 1 heterocycles. The number of hydrogen-bond acceptors (Lipinski definition) is 3. The fourth-order valence-corrected chi connectivity index (χ4v) is 2.05. The van der Waals surface area contributed by atoms with E-state index in [1.165, 1.54) is 0 Å². The maximum Gasteiger partial charge on any atom is 0.140 e. The molecule has 0 radical (unpaired) electrons. The third kappa shape index (κ3) is 2.99. The third-order valence-electron chi connectivity index (χ3n) is 3.06. The van der Waals surface area contributed by atoms with Crippen LogP contribution >= 0.6 is 0 Å². The molecular weight excluding hydrogens is 240 g/mol. The second-order valence-electron chi connectivity index (χ2n) is 4.53. The summed E-state index contributed by atoms with van der Waals surface area (Å²) < 4.78 is 11.2. The Hall–Kier alpha value is -1.74. The highest BCUT2D eigenvalue weighted by Gasteiger charge is 2.19. The van der Waals surface area contributed by atoms with Crippen LogP contribution in [0.5, 0.6) is 5.75 Å². The third-order valence-corrected chi connectivity index (χ3v) is 3.06. The molecule has 0 saturated carbocycles. The van der Waals surface area contributed by atoms with Gasteiger partial charge < -0.3 is 14.3 Å². The minimum Gasteiger partial charge on any atom is -0.493 e. The zero-order valence-corrected chi connectivity index (χ0v) is 11.6. The Kier molecular flexibility index (Phi) is 4.27. The van der Waals surface area contributed by atoms with Crippen LogP contribution in [-0.2, 0) is 6.42 Å². The molecule has 2 aromatic rings. The van der Waals surface area contributed by atoms with Gasteiger partial charge in [-0.15, -0.1) is 0 Å². The molecule has 0 aliphatic carbocycles. The van der Waals surface area contributed by atoms with Gasteiger partial charge in [-0.3, -0.25) is 0 Å². The Morgan fingerprint density at radius 2 is 2.00 bits per heavy atom. The molecule has 0 spiro atoms. The molecule has 0 amide bonds. The average molecular weight is 260 g/mol. The molecule has 3 heteroatoms. The zero-order valence-electron chi connectivity index (χ0n) is 11.6. The van der Waals surface area contributed by atoms with Crippen molar-refractivity contribution in [3.05, 3.63) is 53.0 Å². The Balaban J connectivity index is 2.36. The summed E-state index contributed by atoms with van der Waals surface area (Å²) in [7, 11) is 0. The van der Waals surface area contributed by atoms with Crippen LogP contribution in [0.1, 0.15) is 42.6 Å². The Bertz CT molecular complexity index is 543. The summed E-state index contributed by atoms with van der Waals surface area (Å²) in [4.78, 5) is 0. The number of aryl methyl sites for hydroxylation is 2. The van der Waals surface area contributed by atoms with Crippen molar-refractivity contribution < 1.29 is 14.3 Å². The van der Waals surface area contributed by atoms with Gasteiger partial charge in [-0.2, -0.15) is 0 Å². The molecule has 0 saturated heterocycles. The van der Waals surface area contributed by atoms with Crippen molar-refractivity contribution in [3.63, 3.8) is 0 Å². The first kappa shape index (κ1) is 13.7. The van der Waals surface area contributed by atoms with E-state index in [1.54, 1.807) is 0 Å². The Morgan fingerprint density at radius 3 is 2.63 bits per heavy atom. The molecule has 1 aromatic heterocycles. The zero-order chi connectivity index (χ0) is 13.8. The monoisotopic (exact) mass is 260 g/mol. The fourth-order valence-electron chi connectivity index (χ4n) is 2.05. The average Bonchev–Trinajstić information content (AvgIpc) is 2.89. The van der Waals surface area contributed by atoms with Crippen LogP contribution < -0.4 is 4.74 Å². The first-order valence-electron chi connectivity index (χ1n) is 6.65. The van der Waals surface area contributed by atoms with E-state index in [1.807, 2.05) is 51.1 Å². The molecule has 3 nitrogen and oxygen atoms in total. The Labute approximate surface area is 113 Å². The topological polar surface area (TPSA) is 42.6 Å². The summed E-state index contributed by atoms with van der Waals surface area (Å²) in [5.41, 5.74) is 1.83. The summed E-state index contributed by atoms with van der Waals surface area (Å²) in [6.07, 6.45) is 0.0283. The number of aliphatic hydroxyl groups excluding tert-OH is 1. The second kappa shape index (κ2) is 5.93. The van der Waals surface area contributed by atoms with Gasteiger partial charge in [0.2, 0.25) is 0 Å². The number of hydrogen-bond donors (Lipinski definition) is 1. The van der Waals surface area contributed by atoms with Crippen LogP contribution in [0.15, 0.2) is 34.7 Å².